The summed E-state index contributed by atoms with van der Waals surface area (Å²) in [7, 11) is 0. The summed E-state index contributed by atoms with van der Waals surface area (Å²) in [5.41, 5.74) is 2.78. The van der Waals surface area contributed by atoms with Crippen LogP contribution in [-0.2, 0) is 0 Å². The Hall–Kier alpha value is -1.04. The van der Waals surface area contributed by atoms with E-state index in [1.54, 1.807) is 0 Å². The molecule has 1 unspecified atom stereocenters. The predicted molar refractivity (Wildman–Crippen MR) is 75.5 cm³/mol. The topological polar surface area (TPSA) is 0 Å². The molecule has 0 saturated carbocycles. The van der Waals surface area contributed by atoms with Crippen LogP contribution in [-0.4, -0.2) is 0 Å². The predicted octanol–water partition coefficient (Wildman–Crippen LogP) is 5.45. The van der Waals surface area contributed by atoms with Crippen molar-refractivity contribution in [3.8, 4) is 0 Å². The Bertz CT molecular complexity index is 272. The van der Waals surface area contributed by atoms with Gasteiger partial charge in [-0.15, -0.1) is 0 Å². The molecule has 0 aromatic carbocycles. The lowest BCUT2D eigenvalue weighted by Crippen LogP contribution is -1.89. The molecule has 0 aromatic heterocycles. The summed E-state index contributed by atoms with van der Waals surface area (Å²) in [5.74, 6) is 0.673. The smallest absolute Gasteiger partial charge is 0.0259 e. The van der Waals surface area contributed by atoms with Crippen LogP contribution in [0.1, 0.15) is 47.0 Å². The molecule has 16 heavy (non-hydrogen) atoms. The zero-order valence-corrected chi connectivity index (χ0v) is 11.3. The van der Waals surface area contributed by atoms with Crippen LogP contribution >= 0.6 is 0 Å². The summed E-state index contributed by atoms with van der Waals surface area (Å²) < 4.78 is 0. The minimum absolute atomic E-state index is 0.673. The van der Waals surface area contributed by atoms with Gasteiger partial charge in [-0.25, -0.2) is 0 Å². The SMILES string of the molecule is C=CC=C(C)CCCC(C)C=CC=C(C)C. The zero-order chi connectivity index (χ0) is 12.4. The fourth-order valence-corrected chi connectivity index (χ4v) is 1.52. The van der Waals surface area contributed by atoms with Crippen molar-refractivity contribution in [2.24, 2.45) is 5.92 Å². The van der Waals surface area contributed by atoms with Crippen molar-refractivity contribution in [1.29, 1.82) is 0 Å². The van der Waals surface area contributed by atoms with Gasteiger partial charge >= 0.3 is 0 Å². The van der Waals surface area contributed by atoms with Crippen LogP contribution in [0.2, 0.25) is 0 Å². The van der Waals surface area contributed by atoms with Crippen molar-refractivity contribution in [2.75, 3.05) is 0 Å². The first-order valence-corrected chi connectivity index (χ1v) is 6.16. The molecule has 0 heterocycles. The molecule has 90 valence electrons. The van der Waals surface area contributed by atoms with Crippen LogP contribution in [0.25, 0.3) is 0 Å². The van der Waals surface area contributed by atoms with E-state index in [-0.39, 0.29) is 0 Å². The molecule has 0 amide bonds. The zero-order valence-electron chi connectivity index (χ0n) is 11.3. The average molecular weight is 218 g/mol. The maximum atomic E-state index is 3.71. The van der Waals surface area contributed by atoms with Crippen LogP contribution in [0.5, 0.6) is 0 Å². The van der Waals surface area contributed by atoms with E-state index in [9.17, 15) is 0 Å². The molecule has 0 bridgehead atoms. The van der Waals surface area contributed by atoms with Gasteiger partial charge in [-0.1, -0.05) is 55.0 Å². The van der Waals surface area contributed by atoms with Gasteiger partial charge in [-0.3, -0.25) is 0 Å². The van der Waals surface area contributed by atoms with E-state index in [0.717, 1.165) is 0 Å². The minimum atomic E-state index is 0.673. The molecule has 0 spiro atoms. The van der Waals surface area contributed by atoms with Gasteiger partial charge in [0, 0.05) is 0 Å². The number of hydrogen-bond acceptors (Lipinski definition) is 0. The molecule has 0 N–H and O–H groups in total. The molecule has 0 saturated heterocycles. The van der Waals surface area contributed by atoms with Gasteiger partial charge in [0.25, 0.3) is 0 Å². The largest absolute Gasteiger partial charge is 0.0991 e. The van der Waals surface area contributed by atoms with Gasteiger partial charge in [0.15, 0.2) is 0 Å². The third kappa shape index (κ3) is 9.51. The second kappa shape index (κ2) is 9.21. The summed E-state index contributed by atoms with van der Waals surface area (Å²) in [6.45, 7) is 12.4. The van der Waals surface area contributed by atoms with Gasteiger partial charge < -0.3 is 0 Å². The van der Waals surface area contributed by atoms with Crippen molar-refractivity contribution in [2.45, 2.75) is 47.0 Å². The number of allylic oxidation sites excluding steroid dienone is 7. The van der Waals surface area contributed by atoms with Gasteiger partial charge in [-0.05, 0) is 46.0 Å². The first-order chi connectivity index (χ1) is 7.56. The quantitative estimate of drug-likeness (QED) is 0.499. The fourth-order valence-electron chi connectivity index (χ4n) is 1.52. The monoisotopic (exact) mass is 218 g/mol. The van der Waals surface area contributed by atoms with E-state index < -0.39 is 0 Å². The van der Waals surface area contributed by atoms with E-state index in [0.29, 0.717) is 5.92 Å². The van der Waals surface area contributed by atoms with Crippen molar-refractivity contribution in [3.63, 3.8) is 0 Å². The summed E-state index contributed by atoms with van der Waals surface area (Å²) in [4.78, 5) is 0. The van der Waals surface area contributed by atoms with E-state index in [4.69, 9.17) is 0 Å². The Morgan fingerprint density at radius 1 is 1.19 bits per heavy atom. The van der Waals surface area contributed by atoms with Gasteiger partial charge in [0.1, 0.15) is 0 Å². The first-order valence-electron chi connectivity index (χ1n) is 6.16. The molecular formula is C16H26. The molecule has 0 aliphatic heterocycles. The normalized spacial score (nSPS) is 13.9. The van der Waals surface area contributed by atoms with Crippen LogP contribution in [0.3, 0.4) is 0 Å². The van der Waals surface area contributed by atoms with Crippen LogP contribution in [0.4, 0.5) is 0 Å². The second-order valence-electron chi connectivity index (χ2n) is 4.75. The lowest BCUT2D eigenvalue weighted by Gasteiger charge is -2.05. The summed E-state index contributed by atoms with van der Waals surface area (Å²) >= 11 is 0. The Balaban J connectivity index is 3.78. The highest BCUT2D eigenvalue weighted by Gasteiger charge is 1.96. The lowest BCUT2D eigenvalue weighted by molar-refractivity contribution is 0.605. The average Bonchev–Trinajstić information content (AvgIpc) is 2.17. The van der Waals surface area contributed by atoms with E-state index in [1.807, 2.05) is 6.08 Å². The molecule has 0 aliphatic carbocycles. The molecule has 0 fully saturated rings. The summed E-state index contributed by atoms with van der Waals surface area (Å²) in [6.07, 6.45) is 14.3. The summed E-state index contributed by atoms with van der Waals surface area (Å²) in [6, 6.07) is 0. The Labute approximate surface area is 101 Å². The van der Waals surface area contributed by atoms with Crippen LogP contribution < -0.4 is 0 Å². The minimum Gasteiger partial charge on any atom is -0.0991 e. The van der Waals surface area contributed by atoms with Crippen molar-refractivity contribution < 1.29 is 0 Å². The lowest BCUT2D eigenvalue weighted by atomic mass is 10.0. The Kier molecular flexibility index (Phi) is 8.61. The maximum Gasteiger partial charge on any atom is -0.0259 e. The van der Waals surface area contributed by atoms with Gasteiger partial charge in [0.2, 0.25) is 0 Å². The van der Waals surface area contributed by atoms with Gasteiger partial charge in [-0.2, -0.15) is 0 Å². The standard InChI is InChI=1S/C16H26/c1-6-9-15(4)12-8-13-16(5)11-7-10-14(2)3/h6-7,9-11,16H,1,8,12-13H2,2-5H3. The molecule has 0 aromatic rings. The Morgan fingerprint density at radius 3 is 2.44 bits per heavy atom. The molecular weight excluding hydrogens is 192 g/mol. The highest BCUT2D eigenvalue weighted by Crippen LogP contribution is 2.13. The molecule has 0 radical (unpaired) electrons. The fraction of sp³-hybridized carbons (Fsp3) is 0.500. The maximum absolute atomic E-state index is 3.71. The number of rotatable bonds is 7. The highest BCUT2D eigenvalue weighted by atomic mass is 14.0. The molecule has 0 aliphatic rings. The van der Waals surface area contributed by atoms with E-state index in [2.05, 4.69) is 58.6 Å². The highest BCUT2D eigenvalue weighted by molar-refractivity contribution is 5.09. The first kappa shape index (κ1) is 15.0. The van der Waals surface area contributed by atoms with E-state index in [1.165, 1.54) is 30.4 Å². The van der Waals surface area contributed by atoms with Crippen molar-refractivity contribution in [1.82, 2.24) is 0 Å². The number of hydrogen-bond donors (Lipinski definition) is 0. The van der Waals surface area contributed by atoms with Crippen molar-refractivity contribution >= 4 is 0 Å². The Morgan fingerprint density at radius 2 is 1.88 bits per heavy atom. The molecule has 1 atom stereocenters. The van der Waals surface area contributed by atoms with Crippen LogP contribution in [0, 0.1) is 5.92 Å². The van der Waals surface area contributed by atoms with E-state index >= 15 is 0 Å². The third-order valence-electron chi connectivity index (χ3n) is 2.50. The second-order valence-corrected chi connectivity index (χ2v) is 4.75. The molecule has 0 heteroatoms. The summed E-state index contributed by atoms with van der Waals surface area (Å²) in [5, 5.41) is 0. The molecule has 0 rings (SSSR count). The molecule has 0 nitrogen and oxygen atoms in total. The van der Waals surface area contributed by atoms with Crippen LogP contribution in [0.15, 0.2) is 48.1 Å². The van der Waals surface area contributed by atoms with Gasteiger partial charge in [0.05, 0.1) is 0 Å². The third-order valence-corrected chi connectivity index (χ3v) is 2.50. The van der Waals surface area contributed by atoms with Crippen molar-refractivity contribution in [3.05, 3.63) is 48.1 Å².